The summed E-state index contributed by atoms with van der Waals surface area (Å²) in [5.41, 5.74) is 0. The fourth-order valence-corrected chi connectivity index (χ4v) is 5.77. The molecule has 2 aromatic rings. The number of hydrogen-bond acceptors (Lipinski definition) is 3. The predicted octanol–water partition coefficient (Wildman–Crippen LogP) is 4.99. The molecule has 1 unspecified atom stereocenters. The van der Waals surface area contributed by atoms with Crippen LogP contribution < -0.4 is 5.30 Å². The minimum Gasteiger partial charge on any atom is -0.318 e. The SMILES string of the molecule is CCOP(=O)(Sc1ccc(Cl)cc1)c1ccccc1. The van der Waals surface area contributed by atoms with Crippen molar-refractivity contribution < 1.29 is 9.09 Å². The van der Waals surface area contributed by atoms with Crippen molar-refractivity contribution in [3.05, 3.63) is 59.6 Å². The lowest BCUT2D eigenvalue weighted by molar-refractivity contribution is 0.353. The molecule has 100 valence electrons. The van der Waals surface area contributed by atoms with Crippen LogP contribution in [0, 0.1) is 0 Å². The monoisotopic (exact) mass is 312 g/mol. The van der Waals surface area contributed by atoms with Gasteiger partial charge in [-0.1, -0.05) is 29.8 Å². The molecule has 2 rings (SSSR count). The van der Waals surface area contributed by atoms with Crippen LogP contribution in [-0.2, 0) is 9.09 Å². The number of rotatable bonds is 5. The highest BCUT2D eigenvalue weighted by Crippen LogP contribution is 2.61. The smallest absolute Gasteiger partial charge is 0.291 e. The average molecular weight is 313 g/mol. The van der Waals surface area contributed by atoms with Gasteiger partial charge in [0, 0.05) is 15.2 Å². The van der Waals surface area contributed by atoms with Crippen molar-refractivity contribution in [3.8, 4) is 0 Å². The molecule has 0 saturated heterocycles. The third-order valence-electron chi connectivity index (χ3n) is 2.41. The summed E-state index contributed by atoms with van der Waals surface area (Å²) in [6, 6.07) is 16.6. The van der Waals surface area contributed by atoms with E-state index in [2.05, 4.69) is 0 Å². The first-order valence-electron chi connectivity index (χ1n) is 5.89. The Hall–Kier alpha value is -0.730. The molecule has 0 aliphatic carbocycles. The summed E-state index contributed by atoms with van der Waals surface area (Å²) in [5.74, 6) is 0. The molecule has 0 aliphatic rings. The topological polar surface area (TPSA) is 26.3 Å². The molecule has 1 atom stereocenters. The molecule has 0 spiro atoms. The Labute approximate surface area is 122 Å². The third kappa shape index (κ3) is 3.87. The molecule has 0 amide bonds. The highest BCUT2D eigenvalue weighted by atomic mass is 35.5. The summed E-state index contributed by atoms with van der Waals surface area (Å²) in [6.45, 7) is -0.680. The van der Waals surface area contributed by atoms with E-state index in [-0.39, 0.29) is 0 Å². The van der Waals surface area contributed by atoms with Gasteiger partial charge >= 0.3 is 0 Å². The second-order valence-corrected chi connectivity index (χ2v) is 8.65. The molecular weight excluding hydrogens is 299 g/mol. The molecule has 19 heavy (non-hydrogen) atoms. The van der Waals surface area contributed by atoms with Crippen molar-refractivity contribution in [2.75, 3.05) is 6.61 Å². The molecule has 0 fully saturated rings. The molecule has 2 aromatic carbocycles. The van der Waals surface area contributed by atoms with Crippen LogP contribution in [0.3, 0.4) is 0 Å². The molecule has 0 bridgehead atoms. The number of halogens is 1. The van der Waals surface area contributed by atoms with Gasteiger partial charge in [0.1, 0.15) is 0 Å². The average Bonchev–Trinajstić information content (AvgIpc) is 2.43. The van der Waals surface area contributed by atoms with Crippen molar-refractivity contribution in [2.24, 2.45) is 0 Å². The van der Waals surface area contributed by atoms with E-state index in [1.165, 1.54) is 11.4 Å². The molecule has 0 saturated carbocycles. The first kappa shape index (κ1) is 14.7. The molecule has 0 heterocycles. The molecule has 0 aromatic heterocycles. The molecule has 0 radical (unpaired) electrons. The summed E-state index contributed by atoms with van der Waals surface area (Å²) in [7, 11) is 0. The number of hydrogen-bond donors (Lipinski definition) is 0. The van der Waals surface area contributed by atoms with Gasteiger partial charge in [-0.3, -0.25) is 4.57 Å². The van der Waals surface area contributed by atoms with Crippen LogP contribution in [0.4, 0.5) is 0 Å². The number of benzene rings is 2. The normalized spacial score (nSPS) is 14.0. The van der Waals surface area contributed by atoms with Gasteiger partial charge in [-0.05, 0) is 54.7 Å². The summed E-state index contributed by atoms with van der Waals surface area (Å²) >= 11 is 7.10. The third-order valence-corrected chi connectivity index (χ3v) is 7.22. The summed E-state index contributed by atoms with van der Waals surface area (Å²) in [6.07, 6.45) is 0. The van der Waals surface area contributed by atoms with Crippen molar-refractivity contribution in [3.63, 3.8) is 0 Å². The van der Waals surface area contributed by atoms with E-state index in [1.54, 1.807) is 12.1 Å². The molecular formula is C14H14ClO2PS. The maximum absolute atomic E-state index is 13.0. The Morgan fingerprint density at radius 1 is 1.11 bits per heavy atom. The van der Waals surface area contributed by atoms with Crippen LogP contribution in [0.2, 0.25) is 5.02 Å². The van der Waals surface area contributed by atoms with Gasteiger partial charge in [-0.25, -0.2) is 0 Å². The lowest BCUT2D eigenvalue weighted by atomic mass is 10.4. The maximum Gasteiger partial charge on any atom is 0.291 e. The Kier molecular flexibility index (Phi) is 5.12. The van der Waals surface area contributed by atoms with Crippen molar-refractivity contribution in [2.45, 2.75) is 11.8 Å². The van der Waals surface area contributed by atoms with Crippen molar-refractivity contribution in [1.82, 2.24) is 0 Å². The minimum atomic E-state index is -2.94. The van der Waals surface area contributed by atoms with Gasteiger partial charge in [-0.2, -0.15) is 0 Å². The van der Waals surface area contributed by atoms with E-state index in [9.17, 15) is 4.57 Å². The first-order chi connectivity index (χ1) is 9.14. The standard InChI is InChI=1S/C14H14ClO2PS/c1-2-17-18(16,13-6-4-3-5-7-13)19-14-10-8-12(15)9-11-14/h3-11H,2H2,1H3. The lowest BCUT2D eigenvalue weighted by Gasteiger charge is -2.17. The molecule has 0 aliphatic heterocycles. The lowest BCUT2D eigenvalue weighted by Crippen LogP contribution is -2.04. The largest absolute Gasteiger partial charge is 0.318 e. The zero-order valence-corrected chi connectivity index (χ0v) is 12.9. The summed E-state index contributed by atoms with van der Waals surface area (Å²) in [4.78, 5) is 0.880. The van der Waals surface area contributed by atoms with E-state index in [4.69, 9.17) is 16.1 Å². The van der Waals surface area contributed by atoms with Gasteiger partial charge in [0.15, 0.2) is 0 Å². The van der Waals surface area contributed by atoms with Crippen LogP contribution in [0.25, 0.3) is 0 Å². The van der Waals surface area contributed by atoms with Gasteiger partial charge in [-0.15, -0.1) is 0 Å². The highest BCUT2D eigenvalue weighted by Gasteiger charge is 2.27. The molecule has 2 nitrogen and oxygen atoms in total. The minimum absolute atomic E-state index is 0.409. The fraction of sp³-hybridized carbons (Fsp3) is 0.143. The van der Waals surface area contributed by atoms with Crippen LogP contribution in [-0.4, -0.2) is 6.61 Å². The van der Waals surface area contributed by atoms with Crippen LogP contribution >= 0.6 is 29.6 Å². The Balaban J connectivity index is 2.30. The quantitative estimate of drug-likeness (QED) is 0.728. The Morgan fingerprint density at radius 2 is 1.74 bits per heavy atom. The van der Waals surface area contributed by atoms with E-state index in [0.717, 1.165) is 10.2 Å². The van der Waals surface area contributed by atoms with Gasteiger partial charge < -0.3 is 4.52 Å². The van der Waals surface area contributed by atoms with Crippen LogP contribution in [0.15, 0.2) is 59.5 Å². The van der Waals surface area contributed by atoms with Crippen molar-refractivity contribution >= 4 is 34.9 Å². The highest BCUT2D eigenvalue weighted by molar-refractivity contribution is 8.58. The van der Waals surface area contributed by atoms with Gasteiger partial charge in [0.2, 0.25) is 0 Å². The Bertz CT molecular complexity index is 572. The second-order valence-electron chi connectivity index (χ2n) is 3.80. The van der Waals surface area contributed by atoms with E-state index >= 15 is 0 Å². The molecule has 5 heteroatoms. The van der Waals surface area contributed by atoms with E-state index in [0.29, 0.717) is 11.6 Å². The second kappa shape index (κ2) is 6.62. The maximum atomic E-state index is 13.0. The van der Waals surface area contributed by atoms with Gasteiger partial charge in [0.05, 0.1) is 6.61 Å². The van der Waals surface area contributed by atoms with E-state index in [1.807, 2.05) is 49.4 Å². The van der Waals surface area contributed by atoms with Crippen LogP contribution in [0.1, 0.15) is 6.92 Å². The predicted molar refractivity (Wildman–Crippen MR) is 82.6 cm³/mol. The molecule has 0 N–H and O–H groups in total. The zero-order chi connectivity index (χ0) is 13.7. The fourth-order valence-electron chi connectivity index (χ4n) is 1.57. The van der Waals surface area contributed by atoms with Crippen molar-refractivity contribution in [1.29, 1.82) is 0 Å². The van der Waals surface area contributed by atoms with Gasteiger partial charge in [0.25, 0.3) is 6.57 Å². The summed E-state index contributed by atoms with van der Waals surface area (Å²) in [5, 5.41) is 1.38. The summed E-state index contributed by atoms with van der Waals surface area (Å²) < 4.78 is 18.5. The first-order valence-corrected chi connectivity index (χ1v) is 9.32. The Morgan fingerprint density at radius 3 is 2.32 bits per heavy atom. The van der Waals surface area contributed by atoms with E-state index < -0.39 is 6.57 Å². The zero-order valence-electron chi connectivity index (χ0n) is 10.5. The van der Waals surface area contributed by atoms with Crippen LogP contribution in [0.5, 0.6) is 0 Å².